The zero-order valence-electron chi connectivity index (χ0n) is 11.3. The molecule has 0 amide bonds. The number of nitrogens with zero attached hydrogens (tertiary/aromatic N) is 1. The Morgan fingerprint density at radius 3 is 2.84 bits per heavy atom. The van der Waals surface area contributed by atoms with Gasteiger partial charge in [0.2, 0.25) is 0 Å². The van der Waals surface area contributed by atoms with Gasteiger partial charge in [0.15, 0.2) is 0 Å². The smallest absolute Gasteiger partial charge is 0.279 e. The molecule has 0 aromatic carbocycles. The summed E-state index contributed by atoms with van der Waals surface area (Å²) in [6, 6.07) is -0.263. The highest BCUT2D eigenvalue weighted by atomic mass is 32.2. The predicted octanol–water partition coefficient (Wildman–Crippen LogP) is 0.0942. The van der Waals surface area contributed by atoms with Crippen molar-refractivity contribution in [3.05, 3.63) is 0 Å². The third kappa shape index (κ3) is 4.13. The molecule has 0 aliphatic carbocycles. The van der Waals surface area contributed by atoms with Gasteiger partial charge in [-0.15, -0.1) is 0 Å². The van der Waals surface area contributed by atoms with Crippen LogP contribution in [0.5, 0.6) is 0 Å². The quantitative estimate of drug-likeness (QED) is 0.727. The number of hydrogen-bond acceptors (Lipinski definition) is 4. The standard InChI is InChI=1S/C12H24N2O4S/c15-9-12-3-1-2-7-14(12)19(16,17)13-6-4-11-5-8-18-10-11/h11-13,15H,1-10H2. The fraction of sp³-hybridized carbons (Fsp3) is 1.00. The Kier molecular flexibility index (Phi) is 5.58. The molecule has 7 heteroatoms. The van der Waals surface area contributed by atoms with E-state index in [4.69, 9.17) is 4.74 Å². The van der Waals surface area contributed by atoms with Crippen molar-refractivity contribution in [3.8, 4) is 0 Å². The monoisotopic (exact) mass is 292 g/mol. The van der Waals surface area contributed by atoms with Crippen LogP contribution in [-0.2, 0) is 14.9 Å². The second kappa shape index (κ2) is 6.99. The SMILES string of the molecule is O=S(=O)(NCCC1CCOC1)N1CCCCC1CO. The largest absolute Gasteiger partial charge is 0.395 e. The number of hydrogen-bond donors (Lipinski definition) is 2. The van der Waals surface area contributed by atoms with Gasteiger partial charge in [-0.1, -0.05) is 6.42 Å². The molecule has 2 atom stereocenters. The molecule has 2 aliphatic rings. The minimum atomic E-state index is -3.45. The molecule has 2 heterocycles. The van der Waals surface area contributed by atoms with Gasteiger partial charge in [0.05, 0.1) is 6.61 Å². The van der Waals surface area contributed by atoms with Gasteiger partial charge in [-0.3, -0.25) is 0 Å². The molecule has 6 nitrogen and oxygen atoms in total. The van der Waals surface area contributed by atoms with E-state index in [1.165, 1.54) is 4.31 Å². The van der Waals surface area contributed by atoms with Crippen molar-refractivity contribution >= 4 is 10.2 Å². The maximum atomic E-state index is 12.2. The molecular formula is C12H24N2O4S. The Bertz CT molecular complexity index is 368. The fourth-order valence-corrected chi connectivity index (χ4v) is 4.23. The Morgan fingerprint density at radius 2 is 2.16 bits per heavy atom. The second-order valence-electron chi connectivity index (χ2n) is 5.36. The lowest BCUT2D eigenvalue weighted by atomic mass is 10.1. The molecule has 2 saturated heterocycles. The normalized spacial score (nSPS) is 29.7. The van der Waals surface area contributed by atoms with Gasteiger partial charge in [0.25, 0.3) is 10.2 Å². The minimum absolute atomic E-state index is 0.0998. The van der Waals surface area contributed by atoms with Gasteiger partial charge >= 0.3 is 0 Å². The number of rotatable bonds is 6. The van der Waals surface area contributed by atoms with Crippen molar-refractivity contribution in [2.24, 2.45) is 5.92 Å². The molecule has 2 unspecified atom stereocenters. The van der Waals surface area contributed by atoms with E-state index in [2.05, 4.69) is 4.72 Å². The first-order chi connectivity index (χ1) is 9.13. The van der Waals surface area contributed by atoms with E-state index < -0.39 is 10.2 Å². The molecule has 0 aromatic heterocycles. The maximum absolute atomic E-state index is 12.2. The van der Waals surface area contributed by atoms with Crippen LogP contribution in [0.25, 0.3) is 0 Å². The van der Waals surface area contributed by atoms with Crippen LogP contribution in [0, 0.1) is 5.92 Å². The first kappa shape index (κ1) is 15.2. The zero-order chi connectivity index (χ0) is 13.7. The van der Waals surface area contributed by atoms with Crippen LogP contribution in [0.2, 0.25) is 0 Å². The van der Waals surface area contributed by atoms with Crippen LogP contribution in [0.1, 0.15) is 32.1 Å². The first-order valence-electron chi connectivity index (χ1n) is 7.08. The van der Waals surface area contributed by atoms with Gasteiger partial charge in [-0.05, 0) is 31.6 Å². The van der Waals surface area contributed by atoms with Crippen molar-refractivity contribution < 1.29 is 18.3 Å². The number of nitrogens with one attached hydrogen (secondary N) is 1. The summed E-state index contributed by atoms with van der Waals surface area (Å²) in [7, 11) is -3.45. The number of ether oxygens (including phenoxy) is 1. The summed E-state index contributed by atoms with van der Waals surface area (Å²) < 4.78 is 33.7. The van der Waals surface area contributed by atoms with E-state index in [1.807, 2.05) is 0 Å². The molecule has 0 spiro atoms. The van der Waals surface area contributed by atoms with E-state index >= 15 is 0 Å². The third-order valence-electron chi connectivity index (χ3n) is 3.95. The highest BCUT2D eigenvalue weighted by Crippen LogP contribution is 2.20. The number of aliphatic hydroxyl groups excluding tert-OH is 1. The third-order valence-corrected chi connectivity index (χ3v) is 5.62. The van der Waals surface area contributed by atoms with Gasteiger partial charge in [-0.25, -0.2) is 4.72 Å². The van der Waals surface area contributed by atoms with Crippen molar-refractivity contribution in [2.45, 2.75) is 38.1 Å². The molecule has 0 saturated carbocycles. The van der Waals surface area contributed by atoms with Gasteiger partial charge in [0.1, 0.15) is 0 Å². The van der Waals surface area contributed by atoms with Gasteiger partial charge in [-0.2, -0.15) is 12.7 Å². The molecule has 0 radical (unpaired) electrons. The average Bonchev–Trinajstić information content (AvgIpc) is 2.91. The maximum Gasteiger partial charge on any atom is 0.279 e. The number of aliphatic hydroxyl groups is 1. The summed E-state index contributed by atoms with van der Waals surface area (Å²) in [4.78, 5) is 0. The Morgan fingerprint density at radius 1 is 1.32 bits per heavy atom. The van der Waals surface area contributed by atoms with Crippen LogP contribution in [0.3, 0.4) is 0 Å². The molecule has 19 heavy (non-hydrogen) atoms. The molecular weight excluding hydrogens is 268 g/mol. The van der Waals surface area contributed by atoms with E-state index in [-0.39, 0.29) is 12.6 Å². The zero-order valence-corrected chi connectivity index (χ0v) is 12.1. The lowest BCUT2D eigenvalue weighted by molar-refractivity contribution is 0.153. The molecule has 2 aliphatic heterocycles. The highest BCUT2D eigenvalue weighted by Gasteiger charge is 2.31. The van der Waals surface area contributed by atoms with Crippen LogP contribution in [0.15, 0.2) is 0 Å². The first-order valence-corrected chi connectivity index (χ1v) is 8.52. The summed E-state index contributed by atoms with van der Waals surface area (Å²) in [6.07, 6.45) is 4.43. The summed E-state index contributed by atoms with van der Waals surface area (Å²) in [6.45, 7) is 2.39. The Balaban J connectivity index is 1.82. The molecule has 2 rings (SSSR count). The van der Waals surface area contributed by atoms with Gasteiger partial charge < -0.3 is 9.84 Å². The summed E-state index contributed by atoms with van der Waals surface area (Å²) >= 11 is 0. The lowest BCUT2D eigenvalue weighted by Crippen LogP contribution is -2.50. The fourth-order valence-electron chi connectivity index (χ4n) is 2.76. The summed E-state index contributed by atoms with van der Waals surface area (Å²) in [5.74, 6) is 0.470. The number of piperidine rings is 1. The predicted molar refractivity (Wildman–Crippen MR) is 71.9 cm³/mol. The van der Waals surface area contributed by atoms with Crippen molar-refractivity contribution in [1.29, 1.82) is 0 Å². The summed E-state index contributed by atoms with van der Waals surface area (Å²) in [5, 5.41) is 9.27. The molecule has 112 valence electrons. The second-order valence-corrected chi connectivity index (χ2v) is 7.07. The molecule has 2 N–H and O–H groups in total. The lowest BCUT2D eigenvalue weighted by Gasteiger charge is -2.33. The molecule has 0 aromatic rings. The summed E-state index contributed by atoms with van der Waals surface area (Å²) in [5.41, 5.74) is 0. The van der Waals surface area contributed by atoms with E-state index in [0.717, 1.165) is 45.3 Å². The Labute approximate surface area is 115 Å². The van der Waals surface area contributed by atoms with Crippen molar-refractivity contribution in [2.75, 3.05) is 32.9 Å². The van der Waals surface area contributed by atoms with Crippen molar-refractivity contribution in [1.82, 2.24) is 9.03 Å². The van der Waals surface area contributed by atoms with Crippen molar-refractivity contribution in [3.63, 3.8) is 0 Å². The minimum Gasteiger partial charge on any atom is -0.395 e. The topological polar surface area (TPSA) is 78.9 Å². The van der Waals surface area contributed by atoms with E-state index in [1.54, 1.807) is 0 Å². The van der Waals surface area contributed by atoms with Gasteiger partial charge in [0, 0.05) is 32.3 Å². The van der Waals surface area contributed by atoms with E-state index in [9.17, 15) is 13.5 Å². The average molecular weight is 292 g/mol. The van der Waals surface area contributed by atoms with Crippen LogP contribution in [0.4, 0.5) is 0 Å². The molecule has 0 bridgehead atoms. The van der Waals surface area contributed by atoms with E-state index in [0.29, 0.717) is 19.0 Å². The van der Waals surface area contributed by atoms with Crippen LogP contribution < -0.4 is 4.72 Å². The molecule has 2 fully saturated rings. The van der Waals surface area contributed by atoms with Crippen LogP contribution in [-0.4, -0.2) is 56.8 Å². The van der Waals surface area contributed by atoms with Crippen LogP contribution >= 0.6 is 0 Å². The Hall–Kier alpha value is -0.210. The highest BCUT2D eigenvalue weighted by molar-refractivity contribution is 7.87.